The number of anilines is 1. The zero-order valence-corrected chi connectivity index (χ0v) is 7.35. The molecule has 1 aliphatic heterocycles. The van der Waals surface area contributed by atoms with Gasteiger partial charge in [-0.25, -0.2) is 0 Å². The lowest BCUT2D eigenvalue weighted by Crippen LogP contribution is -2.24. The van der Waals surface area contributed by atoms with E-state index >= 15 is 0 Å². The summed E-state index contributed by atoms with van der Waals surface area (Å²) in [6.45, 7) is 3.09. The summed E-state index contributed by atoms with van der Waals surface area (Å²) < 4.78 is 1.52. The predicted octanol–water partition coefficient (Wildman–Crippen LogP) is 0.317. The molecule has 0 amide bonds. The minimum Gasteiger partial charge on any atom is -0.370 e. The van der Waals surface area contributed by atoms with Gasteiger partial charge in [-0.15, -0.1) is 0 Å². The first kappa shape index (κ1) is 7.46. The van der Waals surface area contributed by atoms with E-state index in [-0.39, 0.29) is 5.56 Å². The molecule has 1 atom stereocenters. The van der Waals surface area contributed by atoms with Crippen molar-refractivity contribution in [2.45, 2.75) is 13.3 Å². The molecule has 4 nitrogen and oxygen atoms in total. The summed E-state index contributed by atoms with van der Waals surface area (Å²) in [5, 5.41) is 6.18. The standard InChI is InChI=1S/C8H13N3O/c1-5-3-6-7(9-4-5)10-11(2)8(6)12/h5,9-10H,3-4H2,1-2H3. The lowest BCUT2D eigenvalue weighted by Gasteiger charge is -2.18. The highest BCUT2D eigenvalue weighted by Crippen LogP contribution is 2.18. The van der Waals surface area contributed by atoms with E-state index in [4.69, 9.17) is 0 Å². The Morgan fingerprint density at radius 1 is 1.58 bits per heavy atom. The summed E-state index contributed by atoms with van der Waals surface area (Å²) in [4.78, 5) is 11.5. The summed E-state index contributed by atoms with van der Waals surface area (Å²) in [5.74, 6) is 1.46. The van der Waals surface area contributed by atoms with Gasteiger partial charge in [0, 0.05) is 13.6 Å². The predicted molar refractivity (Wildman–Crippen MR) is 47.4 cm³/mol. The lowest BCUT2D eigenvalue weighted by molar-refractivity contribution is 0.592. The van der Waals surface area contributed by atoms with Crippen LogP contribution in [0.3, 0.4) is 0 Å². The van der Waals surface area contributed by atoms with E-state index in [0.717, 1.165) is 24.3 Å². The summed E-state index contributed by atoms with van der Waals surface area (Å²) in [6.07, 6.45) is 0.887. The van der Waals surface area contributed by atoms with E-state index in [9.17, 15) is 4.79 Å². The summed E-state index contributed by atoms with van der Waals surface area (Å²) >= 11 is 0. The first-order valence-electron chi connectivity index (χ1n) is 4.20. The zero-order valence-electron chi connectivity index (χ0n) is 7.35. The van der Waals surface area contributed by atoms with Crippen LogP contribution >= 0.6 is 0 Å². The van der Waals surface area contributed by atoms with Gasteiger partial charge in [0.2, 0.25) is 0 Å². The van der Waals surface area contributed by atoms with Gasteiger partial charge in [0.1, 0.15) is 5.82 Å². The van der Waals surface area contributed by atoms with Crippen LogP contribution in [0.5, 0.6) is 0 Å². The molecule has 66 valence electrons. The second kappa shape index (κ2) is 2.40. The molecule has 1 unspecified atom stereocenters. The molecule has 1 aromatic rings. The maximum atomic E-state index is 11.5. The van der Waals surface area contributed by atoms with Gasteiger partial charge in [0.15, 0.2) is 0 Å². The number of nitrogens with zero attached hydrogens (tertiary/aromatic N) is 1. The Labute approximate surface area is 70.6 Å². The molecule has 0 bridgehead atoms. The van der Waals surface area contributed by atoms with Crippen molar-refractivity contribution in [3.8, 4) is 0 Å². The van der Waals surface area contributed by atoms with Gasteiger partial charge in [-0.1, -0.05) is 6.92 Å². The normalized spacial score (nSPS) is 21.7. The fourth-order valence-corrected chi connectivity index (χ4v) is 1.63. The highest BCUT2D eigenvalue weighted by molar-refractivity contribution is 5.45. The number of hydrogen-bond donors (Lipinski definition) is 2. The third kappa shape index (κ3) is 0.948. The molecule has 0 aromatic carbocycles. The second-order valence-electron chi connectivity index (χ2n) is 3.52. The minimum absolute atomic E-state index is 0.101. The minimum atomic E-state index is 0.101. The molecular weight excluding hydrogens is 154 g/mol. The van der Waals surface area contributed by atoms with Gasteiger partial charge in [0.25, 0.3) is 5.56 Å². The summed E-state index contributed by atoms with van der Waals surface area (Å²) in [5.41, 5.74) is 1.00. The first-order valence-corrected chi connectivity index (χ1v) is 4.20. The third-order valence-corrected chi connectivity index (χ3v) is 2.32. The number of aryl methyl sites for hydroxylation is 1. The molecule has 1 aromatic heterocycles. The van der Waals surface area contributed by atoms with Crippen LogP contribution in [0.1, 0.15) is 12.5 Å². The number of fused-ring (bicyclic) bond motifs is 1. The Bertz CT molecular complexity index is 350. The Kier molecular flexibility index (Phi) is 1.49. The molecule has 0 spiro atoms. The molecule has 0 aliphatic carbocycles. The molecule has 0 fully saturated rings. The molecule has 2 N–H and O–H groups in total. The number of H-pyrrole nitrogens is 1. The smallest absolute Gasteiger partial charge is 0.271 e. The number of aromatic nitrogens is 2. The largest absolute Gasteiger partial charge is 0.370 e. The Morgan fingerprint density at radius 2 is 2.33 bits per heavy atom. The monoisotopic (exact) mass is 167 g/mol. The number of aromatic amines is 1. The summed E-state index contributed by atoms with van der Waals surface area (Å²) in [6, 6.07) is 0. The van der Waals surface area contributed by atoms with E-state index in [2.05, 4.69) is 17.3 Å². The molecular formula is C8H13N3O. The number of rotatable bonds is 0. The fourth-order valence-electron chi connectivity index (χ4n) is 1.63. The maximum Gasteiger partial charge on any atom is 0.271 e. The number of nitrogens with one attached hydrogen (secondary N) is 2. The van der Waals surface area contributed by atoms with Crippen LogP contribution in [-0.4, -0.2) is 16.3 Å². The van der Waals surface area contributed by atoms with Crippen molar-refractivity contribution in [2.24, 2.45) is 13.0 Å². The molecule has 4 heteroatoms. The van der Waals surface area contributed by atoms with Crippen molar-refractivity contribution >= 4 is 5.82 Å². The van der Waals surface area contributed by atoms with E-state index in [1.165, 1.54) is 4.68 Å². The molecule has 0 radical (unpaired) electrons. The van der Waals surface area contributed by atoms with Gasteiger partial charge in [0.05, 0.1) is 5.56 Å². The van der Waals surface area contributed by atoms with E-state index in [1.807, 2.05) is 0 Å². The molecule has 1 aliphatic rings. The van der Waals surface area contributed by atoms with Crippen molar-refractivity contribution in [3.63, 3.8) is 0 Å². The fraction of sp³-hybridized carbons (Fsp3) is 0.625. The van der Waals surface area contributed by atoms with Crippen LogP contribution < -0.4 is 10.9 Å². The van der Waals surface area contributed by atoms with E-state index in [1.54, 1.807) is 7.05 Å². The van der Waals surface area contributed by atoms with Gasteiger partial charge < -0.3 is 5.32 Å². The Balaban J connectivity index is 2.51. The third-order valence-electron chi connectivity index (χ3n) is 2.32. The van der Waals surface area contributed by atoms with Crippen molar-refractivity contribution in [1.82, 2.24) is 9.78 Å². The molecule has 12 heavy (non-hydrogen) atoms. The van der Waals surface area contributed by atoms with Crippen molar-refractivity contribution < 1.29 is 0 Å². The van der Waals surface area contributed by atoms with Gasteiger partial charge in [-0.2, -0.15) is 0 Å². The number of hydrogen-bond acceptors (Lipinski definition) is 2. The quantitative estimate of drug-likeness (QED) is 0.584. The highest BCUT2D eigenvalue weighted by atomic mass is 16.1. The van der Waals surface area contributed by atoms with Crippen molar-refractivity contribution in [3.05, 3.63) is 15.9 Å². The van der Waals surface area contributed by atoms with Crippen LogP contribution in [0.15, 0.2) is 4.79 Å². The average Bonchev–Trinajstić information content (AvgIpc) is 2.31. The van der Waals surface area contributed by atoms with Crippen LogP contribution in [0, 0.1) is 5.92 Å². The van der Waals surface area contributed by atoms with Crippen molar-refractivity contribution in [1.29, 1.82) is 0 Å². The van der Waals surface area contributed by atoms with E-state index in [0.29, 0.717) is 5.92 Å². The maximum absolute atomic E-state index is 11.5. The lowest BCUT2D eigenvalue weighted by atomic mass is 10.00. The van der Waals surface area contributed by atoms with Crippen LogP contribution in [-0.2, 0) is 13.5 Å². The first-order chi connectivity index (χ1) is 5.68. The summed E-state index contributed by atoms with van der Waals surface area (Å²) in [7, 11) is 1.74. The van der Waals surface area contributed by atoms with Crippen LogP contribution in [0.25, 0.3) is 0 Å². The highest BCUT2D eigenvalue weighted by Gasteiger charge is 2.19. The molecule has 2 rings (SSSR count). The van der Waals surface area contributed by atoms with Gasteiger partial charge in [-0.05, 0) is 12.3 Å². The topological polar surface area (TPSA) is 49.8 Å². The Hall–Kier alpha value is -1.19. The average molecular weight is 167 g/mol. The SMILES string of the molecule is CC1CNc2[nH]n(C)c(=O)c2C1. The van der Waals surface area contributed by atoms with E-state index < -0.39 is 0 Å². The van der Waals surface area contributed by atoms with Gasteiger partial charge in [-0.3, -0.25) is 14.6 Å². The molecule has 2 heterocycles. The van der Waals surface area contributed by atoms with Crippen LogP contribution in [0.2, 0.25) is 0 Å². The molecule has 0 saturated heterocycles. The van der Waals surface area contributed by atoms with Crippen molar-refractivity contribution in [2.75, 3.05) is 11.9 Å². The zero-order chi connectivity index (χ0) is 8.72. The second-order valence-corrected chi connectivity index (χ2v) is 3.52. The van der Waals surface area contributed by atoms with Crippen LogP contribution in [0.4, 0.5) is 5.82 Å². The molecule has 0 saturated carbocycles. The van der Waals surface area contributed by atoms with Gasteiger partial charge >= 0.3 is 0 Å². The Morgan fingerprint density at radius 3 is 3.08 bits per heavy atom.